The van der Waals surface area contributed by atoms with Crippen LogP contribution in [-0.2, 0) is 30.3 Å². The molecule has 0 fully saturated rings. The van der Waals surface area contributed by atoms with E-state index in [1.807, 2.05) is 62.4 Å². The first-order chi connectivity index (χ1) is 21.5. The Morgan fingerprint density at radius 1 is 0.804 bits per heavy atom. The first kappa shape index (κ1) is 38.3. The van der Waals surface area contributed by atoms with Gasteiger partial charge in [0, 0.05) is 13.0 Å². The molecule has 0 saturated carbocycles. The van der Waals surface area contributed by atoms with E-state index in [-0.39, 0.29) is 13.0 Å². The van der Waals surface area contributed by atoms with Crippen LogP contribution >= 0.6 is 0 Å². The number of hydrogen-bond acceptors (Lipinski definition) is 6. The largest absolute Gasteiger partial charge is 0.458 e. The minimum absolute atomic E-state index is 0.214. The molecule has 0 aliphatic rings. The molecule has 2 atom stereocenters. The Labute approximate surface area is 275 Å². The summed E-state index contributed by atoms with van der Waals surface area (Å²) in [5.41, 5.74) is 1.83. The van der Waals surface area contributed by atoms with Crippen molar-refractivity contribution in [3.63, 3.8) is 0 Å². The molecule has 9 nitrogen and oxygen atoms in total. The third-order valence-corrected chi connectivity index (χ3v) is 7.40. The third-order valence-electron chi connectivity index (χ3n) is 7.40. The first-order valence-electron chi connectivity index (χ1n) is 16.4. The summed E-state index contributed by atoms with van der Waals surface area (Å²) in [6.07, 6.45) is 4.21. The van der Waals surface area contributed by atoms with Crippen molar-refractivity contribution in [3.8, 4) is 0 Å². The second-order valence-electron chi connectivity index (χ2n) is 13.8. The van der Waals surface area contributed by atoms with E-state index in [0.717, 1.165) is 42.4 Å². The molecule has 46 heavy (non-hydrogen) atoms. The highest BCUT2D eigenvalue weighted by atomic mass is 16.6. The molecule has 2 rings (SSSR count). The van der Waals surface area contributed by atoms with Crippen molar-refractivity contribution < 1.29 is 28.7 Å². The molecule has 9 heteroatoms. The predicted octanol–water partition coefficient (Wildman–Crippen LogP) is 6.74. The van der Waals surface area contributed by atoms with Gasteiger partial charge >= 0.3 is 12.1 Å². The van der Waals surface area contributed by atoms with Crippen molar-refractivity contribution in [2.75, 3.05) is 13.1 Å². The quantitative estimate of drug-likeness (QED) is 0.165. The number of amides is 3. The average molecular weight is 638 g/mol. The Morgan fingerprint density at radius 2 is 1.43 bits per heavy atom. The lowest BCUT2D eigenvalue weighted by atomic mass is 9.94. The van der Waals surface area contributed by atoms with Crippen LogP contribution in [0.15, 0.2) is 48.5 Å². The topological polar surface area (TPSA) is 114 Å². The summed E-state index contributed by atoms with van der Waals surface area (Å²) in [6.45, 7) is 16.5. The van der Waals surface area contributed by atoms with Gasteiger partial charge in [-0.15, -0.1) is 0 Å². The molecular weight excluding hydrogens is 582 g/mol. The van der Waals surface area contributed by atoms with Gasteiger partial charge in [0.05, 0.1) is 0 Å². The number of nitrogens with zero attached hydrogens (tertiary/aromatic N) is 1. The molecule has 0 heterocycles. The standard InChI is InChI=1S/C37H55N3O6/c1-10-11-12-13-17-23-40(31(41)25-38-35(44)46-37(7,8)9)32(29-22-18-19-26(2)27(29)3)33(42)39-30(34(43)45-36(4,5)6)24-28-20-15-14-16-21-28/h14-16,18-22,30,32H,10-13,17,23-25H2,1-9H3,(H,38,44)(H,39,42). The Kier molecular flexibility index (Phi) is 14.8. The van der Waals surface area contributed by atoms with Gasteiger partial charge in [-0.25, -0.2) is 9.59 Å². The van der Waals surface area contributed by atoms with Crippen LogP contribution in [0.25, 0.3) is 0 Å². The van der Waals surface area contributed by atoms with E-state index in [2.05, 4.69) is 17.6 Å². The van der Waals surface area contributed by atoms with E-state index in [1.165, 1.54) is 4.90 Å². The molecule has 2 N–H and O–H groups in total. The van der Waals surface area contributed by atoms with Gasteiger partial charge in [-0.3, -0.25) is 9.59 Å². The van der Waals surface area contributed by atoms with Crippen molar-refractivity contribution in [2.45, 2.75) is 124 Å². The Hall–Kier alpha value is -3.88. The van der Waals surface area contributed by atoms with Crippen LogP contribution in [0.3, 0.4) is 0 Å². The number of carbonyl (C=O) groups excluding carboxylic acids is 4. The number of alkyl carbamates (subject to hydrolysis) is 1. The maximum Gasteiger partial charge on any atom is 0.408 e. The molecule has 2 unspecified atom stereocenters. The summed E-state index contributed by atoms with van der Waals surface area (Å²) in [5.74, 6) is -1.49. The molecule has 0 aliphatic carbocycles. The fraction of sp³-hybridized carbons (Fsp3) is 0.568. The van der Waals surface area contributed by atoms with Crippen LogP contribution in [0.4, 0.5) is 4.79 Å². The molecular formula is C37H55N3O6. The van der Waals surface area contributed by atoms with Crippen LogP contribution in [0.2, 0.25) is 0 Å². The normalized spacial score (nSPS) is 12.9. The van der Waals surface area contributed by atoms with Crippen molar-refractivity contribution in [1.82, 2.24) is 15.5 Å². The lowest BCUT2D eigenvalue weighted by Gasteiger charge is -2.34. The SMILES string of the molecule is CCCCCCCN(C(=O)CNC(=O)OC(C)(C)C)C(C(=O)NC(Cc1ccccc1)C(=O)OC(C)(C)C)c1cccc(C)c1C. The van der Waals surface area contributed by atoms with Crippen LogP contribution < -0.4 is 10.6 Å². The number of benzene rings is 2. The number of rotatable bonds is 15. The van der Waals surface area contributed by atoms with E-state index in [1.54, 1.807) is 41.5 Å². The summed E-state index contributed by atoms with van der Waals surface area (Å²) < 4.78 is 11.1. The van der Waals surface area contributed by atoms with Crippen LogP contribution in [0.1, 0.15) is 109 Å². The Morgan fingerprint density at radius 3 is 2.04 bits per heavy atom. The minimum Gasteiger partial charge on any atom is -0.458 e. The summed E-state index contributed by atoms with van der Waals surface area (Å²) in [4.78, 5) is 55.8. The van der Waals surface area contributed by atoms with Gasteiger partial charge in [0.25, 0.3) is 0 Å². The van der Waals surface area contributed by atoms with Crippen molar-refractivity contribution >= 4 is 23.9 Å². The van der Waals surface area contributed by atoms with Crippen molar-refractivity contribution in [1.29, 1.82) is 0 Å². The summed E-state index contributed by atoms with van der Waals surface area (Å²) in [5, 5.41) is 5.52. The predicted molar refractivity (Wildman–Crippen MR) is 181 cm³/mol. The zero-order valence-electron chi connectivity index (χ0n) is 29.3. The van der Waals surface area contributed by atoms with Crippen LogP contribution in [0.5, 0.6) is 0 Å². The number of ether oxygens (including phenoxy) is 2. The zero-order chi connectivity index (χ0) is 34.5. The molecule has 2 aromatic carbocycles. The van der Waals surface area contributed by atoms with E-state index in [4.69, 9.17) is 9.47 Å². The molecule has 3 amide bonds. The Bertz CT molecular complexity index is 1300. The van der Waals surface area contributed by atoms with Gasteiger partial charge < -0.3 is 25.0 Å². The highest BCUT2D eigenvalue weighted by Gasteiger charge is 2.36. The fourth-order valence-corrected chi connectivity index (χ4v) is 5.03. The third kappa shape index (κ3) is 13.2. The maximum atomic E-state index is 14.5. The molecule has 0 saturated heterocycles. The maximum absolute atomic E-state index is 14.5. The summed E-state index contributed by atoms with van der Waals surface area (Å²) in [7, 11) is 0. The fourth-order valence-electron chi connectivity index (χ4n) is 5.03. The number of aryl methyl sites for hydroxylation is 1. The number of hydrogen-bond donors (Lipinski definition) is 2. The first-order valence-corrected chi connectivity index (χ1v) is 16.4. The number of carbonyl (C=O) groups is 4. The Balaban J connectivity index is 2.53. The van der Waals surface area contributed by atoms with E-state index >= 15 is 0 Å². The summed E-state index contributed by atoms with van der Waals surface area (Å²) in [6, 6.07) is 13.0. The average Bonchev–Trinajstić information content (AvgIpc) is 2.95. The minimum atomic E-state index is -1.06. The molecule has 2 aromatic rings. The number of nitrogens with one attached hydrogen (secondary N) is 2. The van der Waals surface area contributed by atoms with Gasteiger partial charge in [0.2, 0.25) is 11.8 Å². The molecule has 0 radical (unpaired) electrons. The van der Waals surface area contributed by atoms with Crippen LogP contribution in [-0.4, -0.2) is 59.1 Å². The molecule has 0 aliphatic heterocycles. The summed E-state index contributed by atoms with van der Waals surface area (Å²) >= 11 is 0. The van der Waals surface area contributed by atoms with Gasteiger partial charge in [-0.05, 0) is 84.1 Å². The van der Waals surface area contributed by atoms with Gasteiger partial charge in [0.1, 0.15) is 29.8 Å². The molecule has 0 bridgehead atoms. The monoisotopic (exact) mass is 637 g/mol. The highest BCUT2D eigenvalue weighted by molar-refractivity contribution is 5.93. The lowest BCUT2D eigenvalue weighted by molar-refractivity contribution is -0.159. The second-order valence-corrected chi connectivity index (χ2v) is 13.8. The second kappa shape index (κ2) is 17.7. The number of esters is 1. The van der Waals surface area contributed by atoms with Gasteiger partial charge in [-0.2, -0.15) is 0 Å². The molecule has 0 spiro atoms. The van der Waals surface area contributed by atoms with Gasteiger partial charge in [0.15, 0.2) is 0 Å². The molecule has 254 valence electrons. The van der Waals surface area contributed by atoms with Crippen molar-refractivity contribution in [2.24, 2.45) is 0 Å². The highest BCUT2D eigenvalue weighted by Crippen LogP contribution is 2.28. The van der Waals surface area contributed by atoms with Crippen LogP contribution in [0, 0.1) is 13.8 Å². The van der Waals surface area contributed by atoms with Gasteiger partial charge in [-0.1, -0.05) is 81.1 Å². The van der Waals surface area contributed by atoms with Crippen molar-refractivity contribution in [3.05, 3.63) is 70.8 Å². The van der Waals surface area contributed by atoms with E-state index < -0.39 is 47.2 Å². The number of unbranched alkanes of at least 4 members (excludes halogenated alkanes) is 4. The van der Waals surface area contributed by atoms with E-state index in [0.29, 0.717) is 18.5 Å². The van der Waals surface area contributed by atoms with E-state index in [9.17, 15) is 19.2 Å². The molecule has 0 aromatic heterocycles. The lowest BCUT2D eigenvalue weighted by Crippen LogP contribution is -2.52. The smallest absolute Gasteiger partial charge is 0.408 e. The zero-order valence-corrected chi connectivity index (χ0v) is 29.3.